The second-order valence-corrected chi connectivity index (χ2v) is 18.6. The van der Waals surface area contributed by atoms with Crippen molar-refractivity contribution in [2.75, 3.05) is 40.9 Å². The summed E-state index contributed by atoms with van der Waals surface area (Å²) in [5.74, 6) is -0.198. The van der Waals surface area contributed by atoms with Crippen LogP contribution >= 0.6 is 7.82 Å². The smallest absolute Gasteiger partial charge is 0.387 e. The first-order valence-corrected chi connectivity index (χ1v) is 25.2. The van der Waals surface area contributed by atoms with Gasteiger partial charge in [-0.1, -0.05) is 171 Å². The van der Waals surface area contributed by atoms with Gasteiger partial charge in [0, 0.05) is 6.42 Å². The van der Waals surface area contributed by atoms with E-state index in [2.05, 4.69) is 67.8 Å². The van der Waals surface area contributed by atoms with Crippen molar-refractivity contribution in [3.05, 3.63) is 60.8 Å². The average molecular weight is 836 g/mol. The number of allylic oxidation sites excluding steroid dienone is 9. The Kier molecular flexibility index (Phi) is 39.3. The molecule has 3 N–H and O–H groups in total. The fraction of sp³-hybridized carbons (Fsp3) is 0.776. The Bertz CT molecular complexity index is 1130. The molecular weight excluding hydrogens is 744 g/mol. The number of aliphatic hydroxyl groups is 1. The molecule has 0 bridgehead atoms. The third-order valence-corrected chi connectivity index (χ3v) is 11.2. The van der Waals surface area contributed by atoms with E-state index in [4.69, 9.17) is 9.05 Å². The monoisotopic (exact) mass is 836 g/mol. The number of hydrogen-bond donors (Lipinski definition) is 3. The minimum absolute atomic E-state index is 0.0506. The Balaban J connectivity index is 4.46. The van der Waals surface area contributed by atoms with Gasteiger partial charge in [-0.3, -0.25) is 13.8 Å². The first-order chi connectivity index (χ1) is 28.0. The standard InChI is InChI=1S/C49H91N2O6P/c1-6-8-10-12-14-16-18-20-22-24-25-27-29-31-33-35-37-39-41-43-49(53)50-47(46-57-58(54,55)56-45-44-51(3,4)5)48(52)42-40-38-36-34-32-30-28-26-23-21-19-17-15-13-11-9-7-2/h14,16,20,22-23,26,32,34,40,42,47-48,52H,6-13,15,17-19,21,24-25,27-31,33,35-39,41,43-46H2,1-5H3,(H-,50,53,54,55)/p+1/b16-14-,22-20-,26-23+,34-32+,42-40+. The van der Waals surface area contributed by atoms with Crippen LogP contribution in [0.2, 0.25) is 0 Å². The SMILES string of the molecule is CCCCC/C=C\C/C=C\CCCCCCCCCCCC(=O)NC(COP(=O)(O)OCC[N+](C)(C)C)C(O)/C=C/CC/C=C/CC/C=C/CCCCCCCCC. The summed E-state index contributed by atoms with van der Waals surface area (Å²) in [6.07, 6.45) is 52.9. The van der Waals surface area contributed by atoms with E-state index in [9.17, 15) is 19.4 Å². The van der Waals surface area contributed by atoms with Crippen LogP contribution in [0.3, 0.4) is 0 Å². The first-order valence-electron chi connectivity index (χ1n) is 23.7. The number of unbranched alkanes of at least 4 members (excludes halogenated alkanes) is 21. The Hall–Kier alpha value is -1.80. The van der Waals surface area contributed by atoms with Gasteiger partial charge in [0.2, 0.25) is 5.91 Å². The fourth-order valence-electron chi connectivity index (χ4n) is 6.40. The molecule has 0 radical (unpaired) electrons. The molecular formula is C49H92N2O6P+. The van der Waals surface area contributed by atoms with Crippen LogP contribution in [0.15, 0.2) is 60.8 Å². The van der Waals surface area contributed by atoms with Gasteiger partial charge in [0.15, 0.2) is 0 Å². The number of phosphoric acid groups is 1. The van der Waals surface area contributed by atoms with Gasteiger partial charge in [-0.2, -0.15) is 0 Å². The molecule has 0 aromatic rings. The van der Waals surface area contributed by atoms with Gasteiger partial charge < -0.3 is 19.8 Å². The number of carbonyl (C=O) groups excluding carboxylic acids is 1. The summed E-state index contributed by atoms with van der Waals surface area (Å²) >= 11 is 0. The van der Waals surface area contributed by atoms with Gasteiger partial charge >= 0.3 is 7.82 Å². The molecule has 58 heavy (non-hydrogen) atoms. The van der Waals surface area contributed by atoms with Crippen molar-refractivity contribution in [1.29, 1.82) is 0 Å². The third-order valence-electron chi connectivity index (χ3n) is 10.2. The summed E-state index contributed by atoms with van der Waals surface area (Å²) in [6, 6.07) is -0.873. The maximum atomic E-state index is 12.9. The number of aliphatic hydroxyl groups excluding tert-OH is 1. The van der Waals surface area contributed by atoms with Crippen LogP contribution in [-0.2, 0) is 18.4 Å². The lowest BCUT2D eigenvalue weighted by Gasteiger charge is -2.25. The molecule has 0 rings (SSSR count). The molecule has 0 aromatic carbocycles. The zero-order valence-corrected chi connectivity index (χ0v) is 39.2. The van der Waals surface area contributed by atoms with Crippen LogP contribution < -0.4 is 5.32 Å². The molecule has 3 atom stereocenters. The molecule has 0 saturated heterocycles. The normalized spacial score (nSPS) is 14.8. The summed E-state index contributed by atoms with van der Waals surface area (Å²) in [7, 11) is 1.54. The van der Waals surface area contributed by atoms with Crippen molar-refractivity contribution >= 4 is 13.7 Å². The highest BCUT2D eigenvalue weighted by Gasteiger charge is 2.27. The predicted octanol–water partition coefficient (Wildman–Crippen LogP) is 13.4. The maximum absolute atomic E-state index is 12.9. The van der Waals surface area contributed by atoms with Crippen LogP contribution in [0.4, 0.5) is 0 Å². The van der Waals surface area contributed by atoms with Crippen molar-refractivity contribution in [2.45, 2.75) is 206 Å². The van der Waals surface area contributed by atoms with Crippen LogP contribution in [0.5, 0.6) is 0 Å². The van der Waals surface area contributed by atoms with Gasteiger partial charge in [0.25, 0.3) is 0 Å². The number of phosphoric ester groups is 1. The molecule has 8 nitrogen and oxygen atoms in total. The number of rotatable bonds is 42. The van der Waals surface area contributed by atoms with Crippen LogP contribution in [-0.4, -0.2) is 73.4 Å². The minimum Gasteiger partial charge on any atom is -0.387 e. The number of carbonyl (C=O) groups is 1. The molecule has 3 unspecified atom stereocenters. The fourth-order valence-corrected chi connectivity index (χ4v) is 7.13. The largest absolute Gasteiger partial charge is 0.472 e. The summed E-state index contributed by atoms with van der Waals surface area (Å²) < 4.78 is 23.6. The van der Waals surface area contributed by atoms with Crippen LogP contribution in [0.1, 0.15) is 194 Å². The van der Waals surface area contributed by atoms with Crippen molar-refractivity contribution in [2.24, 2.45) is 0 Å². The lowest BCUT2D eigenvalue weighted by atomic mass is 10.1. The zero-order chi connectivity index (χ0) is 42.8. The molecule has 0 aliphatic rings. The van der Waals surface area contributed by atoms with E-state index >= 15 is 0 Å². The van der Waals surface area contributed by atoms with E-state index in [1.54, 1.807) is 6.08 Å². The van der Waals surface area contributed by atoms with Gasteiger partial charge in [0.1, 0.15) is 13.2 Å². The number of hydrogen-bond acceptors (Lipinski definition) is 5. The Morgan fingerprint density at radius 2 is 1.00 bits per heavy atom. The van der Waals surface area contributed by atoms with E-state index in [-0.39, 0.29) is 19.1 Å². The summed E-state index contributed by atoms with van der Waals surface area (Å²) in [6.45, 7) is 4.74. The number of nitrogens with zero attached hydrogens (tertiary/aromatic N) is 1. The summed E-state index contributed by atoms with van der Waals surface area (Å²) in [4.78, 5) is 23.2. The minimum atomic E-state index is -4.35. The number of likely N-dealkylation sites (N-methyl/N-ethyl adjacent to an activating group) is 1. The molecule has 0 fully saturated rings. The predicted molar refractivity (Wildman–Crippen MR) is 249 cm³/mol. The van der Waals surface area contributed by atoms with Gasteiger partial charge in [-0.25, -0.2) is 4.57 Å². The number of amides is 1. The molecule has 0 spiro atoms. The van der Waals surface area contributed by atoms with Crippen LogP contribution in [0.25, 0.3) is 0 Å². The molecule has 0 heterocycles. The second kappa shape index (κ2) is 40.6. The zero-order valence-electron chi connectivity index (χ0n) is 38.3. The third kappa shape index (κ3) is 42.3. The number of quaternary nitrogens is 1. The highest BCUT2D eigenvalue weighted by molar-refractivity contribution is 7.47. The van der Waals surface area contributed by atoms with E-state index < -0.39 is 20.0 Å². The first kappa shape index (κ1) is 56.2. The lowest BCUT2D eigenvalue weighted by molar-refractivity contribution is -0.870. The maximum Gasteiger partial charge on any atom is 0.472 e. The number of nitrogens with one attached hydrogen (secondary N) is 1. The topological polar surface area (TPSA) is 105 Å². The average Bonchev–Trinajstić information content (AvgIpc) is 3.17. The van der Waals surface area contributed by atoms with E-state index in [1.165, 1.54) is 122 Å². The van der Waals surface area contributed by atoms with Gasteiger partial charge in [0.05, 0.1) is 39.9 Å². The van der Waals surface area contributed by atoms with E-state index in [0.717, 1.165) is 51.4 Å². The summed E-state index contributed by atoms with van der Waals surface area (Å²) in [5.41, 5.74) is 0. The quantitative estimate of drug-likeness (QED) is 0.0245. The molecule has 0 aromatic heterocycles. The molecule has 1 amide bonds. The highest BCUT2D eigenvalue weighted by atomic mass is 31.2. The Morgan fingerprint density at radius 3 is 1.52 bits per heavy atom. The van der Waals surface area contributed by atoms with Crippen LogP contribution in [0, 0.1) is 0 Å². The van der Waals surface area contributed by atoms with Gasteiger partial charge in [-0.15, -0.1) is 0 Å². The van der Waals surface area contributed by atoms with Crippen molar-refractivity contribution in [3.63, 3.8) is 0 Å². The van der Waals surface area contributed by atoms with Gasteiger partial charge in [-0.05, 0) is 77.0 Å². The summed E-state index contributed by atoms with van der Waals surface area (Å²) in [5, 5.41) is 13.8. The Labute approximate surface area is 358 Å². The molecule has 9 heteroatoms. The van der Waals surface area contributed by atoms with Crippen molar-refractivity contribution in [3.8, 4) is 0 Å². The highest BCUT2D eigenvalue weighted by Crippen LogP contribution is 2.43. The lowest BCUT2D eigenvalue weighted by Crippen LogP contribution is -2.45. The van der Waals surface area contributed by atoms with Crippen molar-refractivity contribution < 1.29 is 32.9 Å². The molecule has 0 aliphatic carbocycles. The van der Waals surface area contributed by atoms with E-state index in [0.29, 0.717) is 17.4 Å². The Morgan fingerprint density at radius 1 is 0.586 bits per heavy atom. The second-order valence-electron chi connectivity index (χ2n) is 17.1. The van der Waals surface area contributed by atoms with E-state index in [1.807, 2.05) is 27.2 Å². The molecule has 0 aliphatic heterocycles. The molecule has 338 valence electrons. The van der Waals surface area contributed by atoms with Crippen molar-refractivity contribution in [1.82, 2.24) is 5.32 Å². The molecule has 0 saturated carbocycles.